The van der Waals surface area contributed by atoms with Crippen LogP contribution in [0.1, 0.15) is 22.8 Å². The van der Waals surface area contributed by atoms with E-state index in [9.17, 15) is 14.4 Å². The molecule has 202 valence electrons. The number of carbonyl (C=O) groups excluding carboxylic acids is 2. The molecule has 0 fully saturated rings. The van der Waals surface area contributed by atoms with Crippen LogP contribution in [0.2, 0.25) is 5.02 Å². The van der Waals surface area contributed by atoms with Crippen molar-refractivity contribution in [3.63, 3.8) is 0 Å². The van der Waals surface area contributed by atoms with Crippen molar-refractivity contribution in [2.24, 2.45) is 0 Å². The molecule has 0 aliphatic rings. The molecular weight excluding hydrogens is 566 g/mol. The van der Waals surface area contributed by atoms with E-state index in [-0.39, 0.29) is 29.4 Å². The lowest BCUT2D eigenvalue weighted by atomic mass is 10.0. The first-order valence-corrected chi connectivity index (χ1v) is 14.7. The second kappa shape index (κ2) is 12.1. The van der Waals surface area contributed by atoms with E-state index in [2.05, 4.69) is 5.32 Å². The maximum absolute atomic E-state index is 13.5. The number of rotatable bonds is 8. The number of nitrogens with zero attached hydrogens (tertiary/aromatic N) is 2. The predicted molar refractivity (Wildman–Crippen MR) is 162 cm³/mol. The van der Waals surface area contributed by atoms with Crippen LogP contribution in [0, 0.1) is 6.92 Å². The average molecular weight is 590 g/mol. The van der Waals surface area contributed by atoms with Gasteiger partial charge in [0, 0.05) is 21.5 Å². The van der Waals surface area contributed by atoms with Gasteiger partial charge in [-0.2, -0.15) is 0 Å². The standard InChI is InChI=1S/C30H24ClN3O4S2/c1-3-38-29(37)26-21(19-11-5-7-13-22(19)31)16-39-27(26)33-25(35)17-40-30-32-23-14-8-6-12-20(23)28(36)34(30)24-15-9-4-10-18(24)2/h4-16H,3,17H2,1-2H3,(H,33,35). The Morgan fingerprint density at radius 1 is 1.02 bits per heavy atom. The van der Waals surface area contributed by atoms with Gasteiger partial charge in [0.2, 0.25) is 5.91 Å². The first-order valence-electron chi connectivity index (χ1n) is 12.4. The molecule has 3 aromatic carbocycles. The maximum Gasteiger partial charge on any atom is 0.341 e. The number of hydrogen-bond acceptors (Lipinski definition) is 7. The van der Waals surface area contributed by atoms with Crippen molar-refractivity contribution in [2.45, 2.75) is 19.0 Å². The number of nitrogens with one attached hydrogen (secondary N) is 1. The van der Waals surface area contributed by atoms with Crippen molar-refractivity contribution in [1.82, 2.24) is 9.55 Å². The van der Waals surface area contributed by atoms with E-state index in [0.29, 0.717) is 42.9 Å². The van der Waals surface area contributed by atoms with Crippen LogP contribution in [0.3, 0.4) is 0 Å². The Morgan fingerprint density at radius 3 is 2.52 bits per heavy atom. The van der Waals surface area contributed by atoms with Crippen LogP contribution in [0.5, 0.6) is 0 Å². The minimum atomic E-state index is -0.550. The maximum atomic E-state index is 13.5. The molecule has 2 heterocycles. The van der Waals surface area contributed by atoms with Crippen molar-refractivity contribution in [3.8, 4) is 16.8 Å². The second-order valence-electron chi connectivity index (χ2n) is 8.73. The van der Waals surface area contributed by atoms with E-state index in [4.69, 9.17) is 21.3 Å². The molecule has 0 saturated carbocycles. The number of thioether (sulfide) groups is 1. The molecule has 5 rings (SSSR count). The summed E-state index contributed by atoms with van der Waals surface area (Å²) in [5, 5.41) is 6.35. The number of anilines is 1. The molecule has 0 aliphatic heterocycles. The lowest BCUT2D eigenvalue weighted by molar-refractivity contribution is -0.113. The molecular formula is C30H24ClN3O4S2. The number of fused-ring (bicyclic) bond motifs is 1. The SMILES string of the molecule is CCOC(=O)c1c(-c2ccccc2Cl)csc1NC(=O)CSc1nc2ccccc2c(=O)n1-c1ccccc1C. The summed E-state index contributed by atoms with van der Waals surface area (Å²) in [4.78, 5) is 44.3. The fourth-order valence-corrected chi connectivity index (χ4v) is 6.27. The lowest BCUT2D eigenvalue weighted by Gasteiger charge is -2.15. The van der Waals surface area contributed by atoms with Gasteiger partial charge in [-0.15, -0.1) is 11.3 Å². The molecule has 2 aromatic heterocycles. The van der Waals surface area contributed by atoms with Crippen molar-refractivity contribution in [1.29, 1.82) is 0 Å². The van der Waals surface area contributed by atoms with Gasteiger partial charge in [-0.25, -0.2) is 9.78 Å². The van der Waals surface area contributed by atoms with Crippen molar-refractivity contribution in [3.05, 3.63) is 105 Å². The summed E-state index contributed by atoms with van der Waals surface area (Å²) >= 11 is 8.77. The summed E-state index contributed by atoms with van der Waals surface area (Å²) in [5.74, 6) is -0.953. The van der Waals surface area contributed by atoms with Gasteiger partial charge in [0.15, 0.2) is 5.16 Å². The smallest absolute Gasteiger partial charge is 0.341 e. The Balaban J connectivity index is 1.46. The number of halogens is 1. The molecule has 0 radical (unpaired) electrons. The third-order valence-electron chi connectivity index (χ3n) is 6.12. The number of hydrogen-bond donors (Lipinski definition) is 1. The van der Waals surface area contributed by atoms with Gasteiger partial charge in [0.25, 0.3) is 5.56 Å². The van der Waals surface area contributed by atoms with E-state index in [1.807, 2.05) is 49.4 Å². The lowest BCUT2D eigenvalue weighted by Crippen LogP contribution is -2.23. The van der Waals surface area contributed by atoms with E-state index in [0.717, 1.165) is 17.3 Å². The average Bonchev–Trinajstić information content (AvgIpc) is 3.36. The Labute approximate surface area is 243 Å². The van der Waals surface area contributed by atoms with Crippen molar-refractivity contribution in [2.75, 3.05) is 17.7 Å². The van der Waals surface area contributed by atoms with Gasteiger partial charge >= 0.3 is 5.97 Å². The van der Waals surface area contributed by atoms with Crippen molar-refractivity contribution >= 4 is 62.5 Å². The molecule has 10 heteroatoms. The molecule has 0 saturated heterocycles. The highest BCUT2D eigenvalue weighted by atomic mass is 35.5. The number of aromatic nitrogens is 2. The first kappa shape index (κ1) is 27.6. The van der Waals surface area contributed by atoms with Crippen LogP contribution in [0.4, 0.5) is 5.00 Å². The number of thiophene rings is 1. The molecule has 1 N–H and O–H groups in total. The largest absolute Gasteiger partial charge is 0.462 e. The predicted octanol–water partition coefficient (Wildman–Crippen LogP) is 6.98. The highest BCUT2D eigenvalue weighted by Crippen LogP contribution is 2.39. The molecule has 0 aliphatic carbocycles. The van der Waals surface area contributed by atoms with Crippen molar-refractivity contribution < 1.29 is 14.3 Å². The van der Waals surface area contributed by atoms with Crippen LogP contribution >= 0.6 is 34.7 Å². The normalized spacial score (nSPS) is 11.0. The monoisotopic (exact) mass is 589 g/mol. The highest BCUT2D eigenvalue weighted by molar-refractivity contribution is 7.99. The minimum absolute atomic E-state index is 0.0434. The summed E-state index contributed by atoms with van der Waals surface area (Å²) in [6.07, 6.45) is 0. The van der Waals surface area contributed by atoms with Gasteiger partial charge in [-0.05, 0) is 43.7 Å². The molecule has 1 amide bonds. The summed E-state index contributed by atoms with van der Waals surface area (Å²) in [5.41, 5.74) is 3.43. The molecule has 5 aromatic rings. The number of ether oxygens (including phenoxy) is 1. The minimum Gasteiger partial charge on any atom is -0.462 e. The molecule has 40 heavy (non-hydrogen) atoms. The van der Waals surface area contributed by atoms with Gasteiger partial charge < -0.3 is 10.1 Å². The fraction of sp³-hybridized carbons (Fsp3) is 0.133. The zero-order valence-corrected chi connectivity index (χ0v) is 24.0. The number of amides is 1. The highest BCUT2D eigenvalue weighted by Gasteiger charge is 2.24. The molecule has 0 atom stereocenters. The molecule has 0 spiro atoms. The number of para-hydroxylation sites is 2. The summed E-state index contributed by atoms with van der Waals surface area (Å²) in [7, 11) is 0. The van der Waals surface area contributed by atoms with Gasteiger partial charge in [0.1, 0.15) is 10.6 Å². The number of benzene rings is 3. The van der Waals surface area contributed by atoms with Gasteiger partial charge in [-0.1, -0.05) is 71.9 Å². The quantitative estimate of drug-likeness (QED) is 0.119. The Bertz CT molecular complexity index is 1800. The second-order valence-corrected chi connectivity index (χ2v) is 11.0. The zero-order valence-electron chi connectivity index (χ0n) is 21.6. The summed E-state index contributed by atoms with van der Waals surface area (Å²) < 4.78 is 6.83. The summed E-state index contributed by atoms with van der Waals surface area (Å²) in [6.45, 7) is 3.82. The molecule has 0 bridgehead atoms. The topological polar surface area (TPSA) is 90.3 Å². The number of aryl methyl sites for hydroxylation is 1. The molecule has 0 unspecified atom stereocenters. The van der Waals surface area contributed by atoms with Gasteiger partial charge in [-0.3, -0.25) is 14.2 Å². The Hall–Kier alpha value is -3.92. The third kappa shape index (κ3) is 5.54. The van der Waals surface area contributed by atoms with Crippen LogP contribution in [0.25, 0.3) is 27.7 Å². The van der Waals surface area contributed by atoms with E-state index < -0.39 is 5.97 Å². The van der Waals surface area contributed by atoms with Crippen LogP contribution in [-0.4, -0.2) is 33.8 Å². The third-order valence-corrected chi connectivity index (χ3v) is 8.28. The Kier molecular flexibility index (Phi) is 8.35. The van der Waals surface area contributed by atoms with Crippen LogP contribution in [0.15, 0.2) is 88.1 Å². The van der Waals surface area contributed by atoms with E-state index in [1.54, 1.807) is 47.2 Å². The van der Waals surface area contributed by atoms with Crippen LogP contribution < -0.4 is 10.9 Å². The first-order chi connectivity index (χ1) is 19.4. The fourth-order valence-electron chi connectivity index (χ4n) is 4.26. The zero-order chi connectivity index (χ0) is 28.2. The summed E-state index contributed by atoms with van der Waals surface area (Å²) in [6, 6.07) is 21.8. The molecule has 7 nitrogen and oxygen atoms in total. The number of carbonyl (C=O) groups is 2. The van der Waals surface area contributed by atoms with E-state index in [1.165, 1.54) is 11.3 Å². The van der Waals surface area contributed by atoms with Crippen LogP contribution in [-0.2, 0) is 9.53 Å². The van der Waals surface area contributed by atoms with Gasteiger partial charge in [0.05, 0.1) is 29.0 Å². The van der Waals surface area contributed by atoms with E-state index >= 15 is 0 Å². The Morgan fingerprint density at radius 2 is 1.75 bits per heavy atom. The number of esters is 1.